The molecular weight excluding hydrogens is 301 g/mol. The lowest BCUT2D eigenvalue weighted by Crippen LogP contribution is -2.45. The number of carboxylic acid groups (broad SMARTS) is 1. The zero-order valence-corrected chi connectivity index (χ0v) is 12.7. The Hall–Kier alpha value is -1.95. The van der Waals surface area contributed by atoms with Crippen molar-refractivity contribution in [3.05, 3.63) is 35.6 Å². The van der Waals surface area contributed by atoms with Crippen LogP contribution < -0.4 is 5.32 Å². The van der Waals surface area contributed by atoms with E-state index in [0.717, 1.165) is 12.0 Å². The van der Waals surface area contributed by atoms with Gasteiger partial charge in [-0.3, -0.25) is 9.59 Å². The van der Waals surface area contributed by atoms with Gasteiger partial charge >= 0.3 is 5.97 Å². The summed E-state index contributed by atoms with van der Waals surface area (Å²) < 4.78 is 18.7. The van der Waals surface area contributed by atoms with E-state index in [9.17, 15) is 14.0 Å². The molecule has 1 aliphatic heterocycles. The van der Waals surface area contributed by atoms with Gasteiger partial charge in [0.15, 0.2) is 0 Å². The summed E-state index contributed by atoms with van der Waals surface area (Å²) in [6, 6.07) is 6.20. The molecule has 124 valence electrons. The fraction of sp³-hybridized carbons (Fsp3) is 0.529. The highest BCUT2D eigenvalue weighted by Gasteiger charge is 2.41. The fourth-order valence-corrected chi connectivity index (χ4v) is 3.34. The zero-order chi connectivity index (χ0) is 16.4. The molecule has 6 heteroatoms. The number of benzene rings is 1. The molecule has 2 aliphatic rings. The van der Waals surface area contributed by atoms with Crippen LogP contribution in [0.3, 0.4) is 0 Å². The number of rotatable bonds is 5. The van der Waals surface area contributed by atoms with E-state index in [1.807, 2.05) is 0 Å². The third-order valence-corrected chi connectivity index (χ3v) is 4.88. The van der Waals surface area contributed by atoms with E-state index in [-0.39, 0.29) is 23.7 Å². The maximum Gasteiger partial charge on any atom is 0.307 e. The summed E-state index contributed by atoms with van der Waals surface area (Å²) in [5, 5.41) is 11.9. The molecule has 0 radical (unpaired) electrons. The lowest BCUT2D eigenvalue weighted by atomic mass is 9.73. The molecule has 2 N–H and O–H groups in total. The van der Waals surface area contributed by atoms with Crippen LogP contribution in [0.5, 0.6) is 0 Å². The molecule has 1 aromatic rings. The van der Waals surface area contributed by atoms with Crippen molar-refractivity contribution < 1.29 is 23.8 Å². The molecule has 5 nitrogen and oxygen atoms in total. The van der Waals surface area contributed by atoms with Gasteiger partial charge in [0.2, 0.25) is 5.91 Å². The van der Waals surface area contributed by atoms with Crippen molar-refractivity contribution in [3.8, 4) is 0 Å². The van der Waals surface area contributed by atoms with Gasteiger partial charge < -0.3 is 15.2 Å². The molecule has 1 heterocycles. The lowest BCUT2D eigenvalue weighted by Gasteiger charge is -2.32. The van der Waals surface area contributed by atoms with Crippen molar-refractivity contribution in [3.63, 3.8) is 0 Å². The minimum atomic E-state index is -0.898. The maximum absolute atomic E-state index is 13.0. The first-order valence-corrected chi connectivity index (χ1v) is 7.94. The van der Waals surface area contributed by atoms with Crippen molar-refractivity contribution in [2.24, 2.45) is 17.8 Å². The number of halogens is 1. The number of hydrogen-bond donors (Lipinski definition) is 2. The number of aliphatic carboxylic acids is 1. The second-order valence-corrected chi connectivity index (χ2v) is 6.27. The molecule has 3 rings (SSSR count). The van der Waals surface area contributed by atoms with Crippen LogP contribution in [0.15, 0.2) is 24.3 Å². The number of ether oxygens (including phenoxy) is 1. The van der Waals surface area contributed by atoms with Gasteiger partial charge in [0.1, 0.15) is 5.82 Å². The first kappa shape index (κ1) is 15.9. The van der Waals surface area contributed by atoms with Gasteiger partial charge in [0.25, 0.3) is 0 Å². The van der Waals surface area contributed by atoms with E-state index in [0.29, 0.717) is 26.0 Å². The Bertz CT molecular complexity index is 589. The summed E-state index contributed by atoms with van der Waals surface area (Å²) in [6.07, 6.45) is 1.85. The summed E-state index contributed by atoms with van der Waals surface area (Å²) in [6.45, 7) is 1.05. The van der Waals surface area contributed by atoms with E-state index in [1.54, 1.807) is 12.1 Å². The molecule has 1 aromatic carbocycles. The number of carboxylic acids is 1. The van der Waals surface area contributed by atoms with Gasteiger partial charge in [-0.1, -0.05) is 12.1 Å². The Balaban J connectivity index is 1.56. The largest absolute Gasteiger partial charge is 0.481 e. The van der Waals surface area contributed by atoms with E-state index in [1.165, 1.54) is 12.1 Å². The van der Waals surface area contributed by atoms with Crippen molar-refractivity contribution >= 4 is 11.9 Å². The second kappa shape index (κ2) is 6.66. The van der Waals surface area contributed by atoms with E-state index in [2.05, 4.69) is 5.32 Å². The smallest absolute Gasteiger partial charge is 0.307 e. The number of carbonyl (C=O) groups excluding carboxylic acids is 1. The predicted molar refractivity (Wildman–Crippen MR) is 80.1 cm³/mol. The molecule has 1 saturated carbocycles. The Morgan fingerprint density at radius 1 is 1.17 bits per heavy atom. The molecule has 2 fully saturated rings. The highest BCUT2D eigenvalue weighted by molar-refractivity contribution is 5.86. The normalized spacial score (nSPS) is 29.8. The quantitative estimate of drug-likeness (QED) is 0.871. The standard InChI is InChI=1S/C17H20FNO4/c18-12-3-1-10(2-4-12)15-11(7-8-23-15)9-19-16(20)13-5-6-14(13)17(21)22/h1-4,11,13-15H,5-9H2,(H,19,20)(H,21,22)/t11-,13?,14?,15-/m0/s1. The molecule has 0 spiro atoms. The van der Waals surface area contributed by atoms with Crippen LogP contribution in [0, 0.1) is 23.6 Å². The van der Waals surface area contributed by atoms with E-state index < -0.39 is 17.8 Å². The zero-order valence-electron chi connectivity index (χ0n) is 12.7. The Morgan fingerprint density at radius 2 is 1.87 bits per heavy atom. The highest BCUT2D eigenvalue weighted by Crippen LogP contribution is 2.36. The monoisotopic (exact) mass is 321 g/mol. The molecule has 4 atom stereocenters. The summed E-state index contributed by atoms with van der Waals surface area (Å²) in [5.74, 6) is -2.23. The van der Waals surface area contributed by atoms with Gasteiger partial charge in [-0.25, -0.2) is 4.39 Å². The number of hydrogen-bond acceptors (Lipinski definition) is 3. The summed E-state index contributed by atoms with van der Waals surface area (Å²) in [7, 11) is 0. The molecule has 0 bridgehead atoms. The van der Waals surface area contributed by atoms with Gasteiger partial charge in [-0.15, -0.1) is 0 Å². The van der Waals surface area contributed by atoms with Crippen molar-refractivity contribution in [1.29, 1.82) is 0 Å². The van der Waals surface area contributed by atoms with E-state index >= 15 is 0 Å². The molecular formula is C17H20FNO4. The Morgan fingerprint density at radius 3 is 2.48 bits per heavy atom. The number of nitrogens with one attached hydrogen (secondary N) is 1. The minimum absolute atomic E-state index is 0.118. The van der Waals surface area contributed by atoms with Crippen LogP contribution in [0.2, 0.25) is 0 Å². The van der Waals surface area contributed by atoms with Crippen LogP contribution in [-0.4, -0.2) is 30.1 Å². The molecule has 23 heavy (non-hydrogen) atoms. The van der Waals surface area contributed by atoms with Gasteiger partial charge in [-0.2, -0.15) is 0 Å². The first-order valence-electron chi connectivity index (χ1n) is 7.94. The average molecular weight is 321 g/mol. The fourth-order valence-electron chi connectivity index (χ4n) is 3.34. The molecule has 2 unspecified atom stereocenters. The number of amides is 1. The Kier molecular flexibility index (Phi) is 4.61. The van der Waals surface area contributed by atoms with Crippen molar-refractivity contribution in [2.75, 3.05) is 13.2 Å². The van der Waals surface area contributed by atoms with Gasteiger partial charge in [0, 0.05) is 19.1 Å². The van der Waals surface area contributed by atoms with Gasteiger partial charge in [-0.05, 0) is 37.0 Å². The van der Waals surface area contributed by atoms with Crippen LogP contribution >= 0.6 is 0 Å². The second-order valence-electron chi connectivity index (χ2n) is 6.27. The van der Waals surface area contributed by atoms with Crippen molar-refractivity contribution in [1.82, 2.24) is 5.32 Å². The predicted octanol–water partition coefficient (Wildman–Crippen LogP) is 2.13. The third-order valence-electron chi connectivity index (χ3n) is 4.88. The van der Waals surface area contributed by atoms with Crippen LogP contribution in [0.1, 0.15) is 30.9 Å². The SMILES string of the molecule is O=C(O)C1CCC1C(=O)NC[C@@H]1CCO[C@H]1c1ccc(F)cc1. The van der Waals surface area contributed by atoms with Crippen LogP contribution in [0.25, 0.3) is 0 Å². The van der Waals surface area contributed by atoms with Crippen molar-refractivity contribution in [2.45, 2.75) is 25.4 Å². The first-order chi connectivity index (χ1) is 11.1. The van der Waals surface area contributed by atoms with Crippen LogP contribution in [-0.2, 0) is 14.3 Å². The summed E-state index contributed by atoms with van der Waals surface area (Å²) in [4.78, 5) is 23.1. The van der Waals surface area contributed by atoms with E-state index in [4.69, 9.17) is 9.84 Å². The summed E-state index contributed by atoms with van der Waals surface area (Å²) >= 11 is 0. The summed E-state index contributed by atoms with van der Waals surface area (Å²) in [5.41, 5.74) is 0.898. The maximum atomic E-state index is 13.0. The molecule has 0 aromatic heterocycles. The third kappa shape index (κ3) is 3.37. The molecule has 1 aliphatic carbocycles. The van der Waals surface area contributed by atoms with Gasteiger partial charge in [0.05, 0.1) is 17.9 Å². The highest BCUT2D eigenvalue weighted by atomic mass is 19.1. The minimum Gasteiger partial charge on any atom is -0.481 e. The molecule has 1 amide bonds. The topological polar surface area (TPSA) is 75.6 Å². The lowest BCUT2D eigenvalue weighted by molar-refractivity contribution is -0.152. The van der Waals surface area contributed by atoms with Crippen LogP contribution in [0.4, 0.5) is 4.39 Å². The number of carbonyl (C=O) groups is 2. The Labute approximate surface area is 133 Å². The molecule has 1 saturated heterocycles. The average Bonchev–Trinajstić information content (AvgIpc) is 2.92.